The van der Waals surface area contributed by atoms with Gasteiger partial charge in [0.15, 0.2) is 0 Å². The van der Waals surface area contributed by atoms with Gasteiger partial charge in [-0.25, -0.2) is 0 Å². The number of hydrogen-bond donors (Lipinski definition) is 1. The van der Waals surface area contributed by atoms with E-state index < -0.39 is 4.92 Å². The number of benzene rings is 1. The summed E-state index contributed by atoms with van der Waals surface area (Å²) >= 11 is 0. The first-order valence-corrected chi connectivity index (χ1v) is 6.96. The van der Waals surface area contributed by atoms with Gasteiger partial charge in [0.05, 0.1) is 4.92 Å². The maximum atomic E-state index is 10.9. The van der Waals surface area contributed by atoms with Gasteiger partial charge < -0.3 is 5.73 Å². The van der Waals surface area contributed by atoms with Crippen molar-refractivity contribution in [2.24, 2.45) is 0 Å². The second kappa shape index (κ2) is 6.19. The Balaban J connectivity index is 1.98. The molecule has 2 N–H and O–H groups in total. The minimum absolute atomic E-state index is 0.00307. The summed E-state index contributed by atoms with van der Waals surface area (Å²) in [5.74, 6) is 0. The summed E-state index contributed by atoms with van der Waals surface area (Å²) in [6.07, 6.45) is 0. The van der Waals surface area contributed by atoms with E-state index in [0.29, 0.717) is 6.04 Å². The van der Waals surface area contributed by atoms with Gasteiger partial charge in [-0.15, -0.1) is 0 Å². The molecular formula is C14H22N4O2. The lowest BCUT2D eigenvalue weighted by molar-refractivity contribution is -0.384. The molecule has 0 aromatic heterocycles. The minimum Gasteiger partial charge on any atom is -0.393 e. The lowest BCUT2D eigenvalue weighted by Gasteiger charge is -2.36. The molecule has 20 heavy (non-hydrogen) atoms. The average Bonchev–Trinajstić information content (AvgIpc) is 2.41. The van der Waals surface area contributed by atoms with Crippen LogP contribution in [0.3, 0.4) is 0 Å². The second-order valence-electron chi connectivity index (χ2n) is 5.56. The lowest BCUT2D eigenvalue weighted by Crippen LogP contribution is -2.48. The average molecular weight is 278 g/mol. The molecule has 0 aliphatic carbocycles. The highest BCUT2D eigenvalue weighted by atomic mass is 16.6. The van der Waals surface area contributed by atoms with Gasteiger partial charge >= 0.3 is 0 Å². The number of piperazine rings is 1. The Morgan fingerprint density at radius 2 is 1.95 bits per heavy atom. The van der Waals surface area contributed by atoms with E-state index in [1.807, 2.05) is 6.07 Å². The van der Waals surface area contributed by atoms with Crippen molar-refractivity contribution in [2.45, 2.75) is 26.4 Å². The monoisotopic (exact) mass is 278 g/mol. The number of anilines is 1. The van der Waals surface area contributed by atoms with Crippen molar-refractivity contribution in [3.05, 3.63) is 33.9 Å². The van der Waals surface area contributed by atoms with Crippen LogP contribution in [0.15, 0.2) is 18.2 Å². The molecular weight excluding hydrogens is 256 g/mol. The molecule has 0 radical (unpaired) electrons. The number of nitro groups is 1. The van der Waals surface area contributed by atoms with E-state index in [0.717, 1.165) is 38.3 Å². The highest BCUT2D eigenvalue weighted by Gasteiger charge is 2.19. The van der Waals surface area contributed by atoms with E-state index in [1.54, 1.807) is 12.1 Å². The van der Waals surface area contributed by atoms with Gasteiger partial charge in [-0.3, -0.25) is 19.9 Å². The van der Waals surface area contributed by atoms with Crippen LogP contribution in [0.25, 0.3) is 0 Å². The molecule has 0 amide bonds. The summed E-state index contributed by atoms with van der Waals surface area (Å²) in [6, 6.07) is 5.66. The molecule has 0 unspecified atom stereocenters. The third-order valence-electron chi connectivity index (χ3n) is 3.83. The van der Waals surface area contributed by atoms with Crippen molar-refractivity contribution < 1.29 is 4.92 Å². The maximum absolute atomic E-state index is 10.9. The summed E-state index contributed by atoms with van der Waals surface area (Å²) in [4.78, 5) is 15.2. The summed E-state index contributed by atoms with van der Waals surface area (Å²) < 4.78 is 0. The molecule has 0 bridgehead atoms. The first-order chi connectivity index (χ1) is 9.47. The molecule has 1 aromatic rings. The van der Waals surface area contributed by atoms with E-state index >= 15 is 0 Å². The quantitative estimate of drug-likeness (QED) is 0.515. The Hall–Kier alpha value is -1.66. The van der Waals surface area contributed by atoms with Crippen LogP contribution in [0.4, 0.5) is 11.4 Å². The highest BCUT2D eigenvalue weighted by Crippen LogP contribution is 2.23. The Bertz CT molecular complexity index is 482. The number of nitrogens with two attached hydrogens (primary N) is 1. The SMILES string of the molecule is CC(C)N1CCN(Cc2ccc(N)c([N+](=O)[O-])c2)CC1. The molecule has 1 heterocycles. The normalized spacial score (nSPS) is 17.6. The molecule has 1 saturated heterocycles. The van der Waals surface area contributed by atoms with Crippen molar-refractivity contribution >= 4 is 11.4 Å². The topological polar surface area (TPSA) is 75.6 Å². The lowest BCUT2D eigenvalue weighted by atomic mass is 10.1. The number of nitrogens with zero attached hydrogens (tertiary/aromatic N) is 3. The van der Waals surface area contributed by atoms with Crippen LogP contribution in [-0.2, 0) is 6.54 Å². The number of nitrogen functional groups attached to an aromatic ring is 1. The van der Waals surface area contributed by atoms with E-state index in [4.69, 9.17) is 5.73 Å². The number of nitro benzene ring substituents is 1. The summed E-state index contributed by atoms with van der Waals surface area (Å²) in [5, 5.41) is 10.9. The standard InChI is InChI=1S/C14H22N4O2/c1-11(2)17-7-5-16(6-8-17)10-12-3-4-13(15)14(9-12)18(19)20/h3-4,9,11H,5-8,10,15H2,1-2H3. The maximum Gasteiger partial charge on any atom is 0.292 e. The smallest absolute Gasteiger partial charge is 0.292 e. The molecule has 0 saturated carbocycles. The fraction of sp³-hybridized carbons (Fsp3) is 0.571. The Kier molecular flexibility index (Phi) is 4.57. The number of rotatable bonds is 4. The van der Waals surface area contributed by atoms with Gasteiger partial charge in [-0.05, 0) is 25.5 Å². The molecule has 6 heteroatoms. The predicted molar refractivity (Wildman–Crippen MR) is 79.5 cm³/mol. The van der Waals surface area contributed by atoms with Crippen LogP contribution in [0.1, 0.15) is 19.4 Å². The molecule has 1 aliphatic rings. The van der Waals surface area contributed by atoms with Gasteiger partial charge in [-0.1, -0.05) is 6.07 Å². The first-order valence-electron chi connectivity index (χ1n) is 6.96. The molecule has 1 aliphatic heterocycles. The highest BCUT2D eigenvalue weighted by molar-refractivity contribution is 5.59. The van der Waals surface area contributed by atoms with Crippen LogP contribution in [0.5, 0.6) is 0 Å². The van der Waals surface area contributed by atoms with Crippen LogP contribution >= 0.6 is 0 Å². The van der Waals surface area contributed by atoms with Crippen molar-refractivity contribution in [3.63, 3.8) is 0 Å². The van der Waals surface area contributed by atoms with Crippen molar-refractivity contribution in [2.75, 3.05) is 31.9 Å². The molecule has 0 atom stereocenters. The summed E-state index contributed by atoms with van der Waals surface area (Å²) in [7, 11) is 0. The van der Waals surface area contributed by atoms with Crippen LogP contribution < -0.4 is 5.73 Å². The van der Waals surface area contributed by atoms with Crippen molar-refractivity contribution in [1.82, 2.24) is 9.80 Å². The molecule has 6 nitrogen and oxygen atoms in total. The van der Waals surface area contributed by atoms with Gasteiger partial charge in [-0.2, -0.15) is 0 Å². The fourth-order valence-corrected chi connectivity index (χ4v) is 2.54. The third-order valence-corrected chi connectivity index (χ3v) is 3.83. The van der Waals surface area contributed by atoms with Gasteiger partial charge in [0.2, 0.25) is 0 Å². The van der Waals surface area contributed by atoms with Gasteiger partial charge in [0, 0.05) is 44.8 Å². The first kappa shape index (κ1) is 14.7. The van der Waals surface area contributed by atoms with Crippen LogP contribution in [-0.4, -0.2) is 46.9 Å². The van der Waals surface area contributed by atoms with Gasteiger partial charge in [0.1, 0.15) is 5.69 Å². The number of hydrogen-bond acceptors (Lipinski definition) is 5. The largest absolute Gasteiger partial charge is 0.393 e. The van der Waals surface area contributed by atoms with Crippen LogP contribution in [0.2, 0.25) is 0 Å². The zero-order chi connectivity index (χ0) is 14.7. The zero-order valence-corrected chi connectivity index (χ0v) is 12.1. The third kappa shape index (κ3) is 3.46. The van der Waals surface area contributed by atoms with Crippen LogP contribution in [0, 0.1) is 10.1 Å². The minimum atomic E-state index is -0.421. The Morgan fingerprint density at radius 1 is 1.30 bits per heavy atom. The second-order valence-corrected chi connectivity index (χ2v) is 5.56. The predicted octanol–water partition coefficient (Wildman–Crippen LogP) is 1.70. The van der Waals surface area contributed by atoms with E-state index in [9.17, 15) is 10.1 Å². The summed E-state index contributed by atoms with van der Waals surface area (Å²) in [6.45, 7) is 9.25. The Labute approximate surface area is 119 Å². The van der Waals surface area contributed by atoms with E-state index in [2.05, 4.69) is 23.6 Å². The van der Waals surface area contributed by atoms with Crippen molar-refractivity contribution in [3.8, 4) is 0 Å². The zero-order valence-electron chi connectivity index (χ0n) is 12.1. The molecule has 1 aromatic carbocycles. The van der Waals surface area contributed by atoms with E-state index in [-0.39, 0.29) is 11.4 Å². The summed E-state index contributed by atoms with van der Waals surface area (Å²) in [5.41, 5.74) is 6.79. The Morgan fingerprint density at radius 3 is 2.50 bits per heavy atom. The molecule has 1 fully saturated rings. The fourth-order valence-electron chi connectivity index (χ4n) is 2.54. The van der Waals surface area contributed by atoms with Gasteiger partial charge in [0.25, 0.3) is 5.69 Å². The van der Waals surface area contributed by atoms with E-state index in [1.165, 1.54) is 0 Å². The molecule has 110 valence electrons. The molecule has 2 rings (SSSR count). The molecule has 0 spiro atoms. The van der Waals surface area contributed by atoms with Crippen molar-refractivity contribution in [1.29, 1.82) is 0 Å².